The molecular formula is C12H19N3O4S2. The second kappa shape index (κ2) is 6.39. The molecule has 0 saturated carbocycles. The second-order valence-corrected chi connectivity index (χ2v) is 7.89. The highest BCUT2D eigenvalue weighted by atomic mass is 32.2. The molecule has 1 saturated heterocycles. The summed E-state index contributed by atoms with van der Waals surface area (Å²) in [5.74, 6) is -0.566. The predicted octanol–water partition coefficient (Wildman–Crippen LogP) is 1.47. The van der Waals surface area contributed by atoms with E-state index in [2.05, 4.69) is 16.6 Å². The number of hydrogen-bond donors (Lipinski definition) is 2. The first kappa shape index (κ1) is 16.3. The molecule has 1 aliphatic heterocycles. The van der Waals surface area contributed by atoms with Crippen molar-refractivity contribution in [2.24, 2.45) is 5.92 Å². The smallest absolute Gasteiger partial charge is 0.355 e. The molecule has 2 N–H and O–H groups in total. The van der Waals surface area contributed by atoms with Crippen LogP contribution in [0, 0.1) is 5.92 Å². The summed E-state index contributed by atoms with van der Waals surface area (Å²) in [4.78, 5) is 14.7. The standard InChI is InChI=1S/C12H19N3O4S2/c1-8-3-5-15(6-4-8)21(18,19)14-9(2)11-13-10(7-20-11)12(16)17/h7-9,14H,3-6H2,1-2H3,(H,16,17). The van der Waals surface area contributed by atoms with Crippen molar-refractivity contribution in [1.82, 2.24) is 14.0 Å². The molecule has 0 radical (unpaired) electrons. The summed E-state index contributed by atoms with van der Waals surface area (Å²) in [7, 11) is -3.56. The van der Waals surface area contributed by atoms with Gasteiger partial charge >= 0.3 is 5.97 Å². The highest BCUT2D eigenvalue weighted by Crippen LogP contribution is 2.22. The highest BCUT2D eigenvalue weighted by molar-refractivity contribution is 7.87. The molecule has 1 aromatic rings. The Morgan fingerprint density at radius 1 is 1.52 bits per heavy atom. The number of hydrogen-bond acceptors (Lipinski definition) is 5. The van der Waals surface area contributed by atoms with Gasteiger partial charge in [0.2, 0.25) is 0 Å². The summed E-state index contributed by atoms with van der Waals surface area (Å²) in [6.45, 7) is 4.81. The maximum absolute atomic E-state index is 12.3. The SMILES string of the molecule is CC1CCN(S(=O)(=O)NC(C)c2nc(C(=O)O)cs2)CC1. The first-order valence-corrected chi connectivity index (χ1v) is 9.07. The van der Waals surface area contributed by atoms with Gasteiger partial charge in [0.1, 0.15) is 5.01 Å². The molecule has 21 heavy (non-hydrogen) atoms. The van der Waals surface area contributed by atoms with Gasteiger partial charge in [-0.05, 0) is 25.7 Å². The van der Waals surface area contributed by atoms with Crippen LogP contribution in [0.1, 0.15) is 48.2 Å². The summed E-state index contributed by atoms with van der Waals surface area (Å²) in [6.07, 6.45) is 1.71. The number of aromatic carboxylic acids is 1. The molecule has 1 aromatic heterocycles. The summed E-state index contributed by atoms with van der Waals surface area (Å²) in [5, 5.41) is 10.7. The number of piperidine rings is 1. The third-order valence-electron chi connectivity index (χ3n) is 3.52. The average Bonchev–Trinajstić information content (AvgIpc) is 2.88. The van der Waals surface area contributed by atoms with Crippen LogP contribution in [0.5, 0.6) is 0 Å². The van der Waals surface area contributed by atoms with Crippen molar-refractivity contribution < 1.29 is 18.3 Å². The van der Waals surface area contributed by atoms with E-state index in [0.29, 0.717) is 24.0 Å². The number of carboxylic acid groups (broad SMARTS) is 1. The van der Waals surface area contributed by atoms with Gasteiger partial charge in [0.25, 0.3) is 10.2 Å². The Balaban J connectivity index is 2.03. The van der Waals surface area contributed by atoms with Gasteiger partial charge < -0.3 is 5.11 Å². The largest absolute Gasteiger partial charge is 0.476 e. The zero-order valence-electron chi connectivity index (χ0n) is 11.9. The van der Waals surface area contributed by atoms with E-state index in [0.717, 1.165) is 24.2 Å². The second-order valence-electron chi connectivity index (χ2n) is 5.30. The Labute approximate surface area is 128 Å². The number of carbonyl (C=O) groups is 1. The molecule has 0 aliphatic carbocycles. The number of thiazole rings is 1. The molecule has 9 heteroatoms. The van der Waals surface area contributed by atoms with Gasteiger partial charge in [-0.15, -0.1) is 11.3 Å². The van der Waals surface area contributed by atoms with Crippen LogP contribution in [-0.4, -0.2) is 41.9 Å². The van der Waals surface area contributed by atoms with E-state index >= 15 is 0 Å². The molecule has 0 amide bonds. The van der Waals surface area contributed by atoms with E-state index in [9.17, 15) is 13.2 Å². The Morgan fingerprint density at radius 3 is 2.67 bits per heavy atom. The average molecular weight is 333 g/mol. The first-order valence-electron chi connectivity index (χ1n) is 6.75. The van der Waals surface area contributed by atoms with E-state index in [-0.39, 0.29) is 5.69 Å². The molecule has 2 rings (SSSR count). The number of nitrogens with one attached hydrogen (secondary N) is 1. The van der Waals surface area contributed by atoms with Crippen LogP contribution < -0.4 is 4.72 Å². The Kier molecular flexibility index (Phi) is 4.97. The summed E-state index contributed by atoms with van der Waals surface area (Å²) in [5.41, 5.74) is -0.0622. The third-order valence-corrected chi connectivity index (χ3v) is 6.24. The minimum Gasteiger partial charge on any atom is -0.476 e. The Morgan fingerprint density at radius 2 is 2.14 bits per heavy atom. The fraction of sp³-hybridized carbons (Fsp3) is 0.667. The molecule has 1 fully saturated rings. The van der Waals surface area contributed by atoms with Crippen molar-refractivity contribution in [1.29, 1.82) is 0 Å². The first-order chi connectivity index (χ1) is 9.79. The molecule has 2 heterocycles. The Hall–Kier alpha value is -1.03. The number of carboxylic acids is 1. The summed E-state index contributed by atoms with van der Waals surface area (Å²) >= 11 is 1.14. The lowest BCUT2D eigenvalue weighted by molar-refractivity contribution is 0.0691. The van der Waals surface area contributed by atoms with Crippen LogP contribution in [0.4, 0.5) is 0 Å². The lowest BCUT2D eigenvalue weighted by atomic mass is 10.0. The molecule has 0 spiro atoms. The van der Waals surface area contributed by atoms with Gasteiger partial charge in [-0.25, -0.2) is 9.78 Å². The van der Waals surface area contributed by atoms with Gasteiger partial charge in [-0.2, -0.15) is 17.4 Å². The van der Waals surface area contributed by atoms with Crippen LogP contribution in [0.15, 0.2) is 5.38 Å². The summed E-state index contributed by atoms with van der Waals surface area (Å²) < 4.78 is 28.6. The highest BCUT2D eigenvalue weighted by Gasteiger charge is 2.28. The van der Waals surface area contributed by atoms with E-state index < -0.39 is 22.2 Å². The van der Waals surface area contributed by atoms with Crippen LogP contribution in [0.25, 0.3) is 0 Å². The van der Waals surface area contributed by atoms with Crippen molar-refractivity contribution in [3.8, 4) is 0 Å². The van der Waals surface area contributed by atoms with E-state index in [1.807, 2.05) is 0 Å². The van der Waals surface area contributed by atoms with Gasteiger partial charge in [-0.3, -0.25) is 0 Å². The molecule has 0 aromatic carbocycles. The quantitative estimate of drug-likeness (QED) is 0.850. The summed E-state index contributed by atoms with van der Waals surface area (Å²) in [6, 6.07) is -0.549. The van der Waals surface area contributed by atoms with Crippen molar-refractivity contribution in [2.45, 2.75) is 32.7 Å². The minimum absolute atomic E-state index is 0.0622. The molecule has 1 atom stereocenters. The zero-order valence-corrected chi connectivity index (χ0v) is 13.6. The molecule has 0 bridgehead atoms. The van der Waals surface area contributed by atoms with Crippen LogP contribution in [0.2, 0.25) is 0 Å². The van der Waals surface area contributed by atoms with Gasteiger partial charge in [0.15, 0.2) is 5.69 Å². The van der Waals surface area contributed by atoms with Gasteiger partial charge in [-0.1, -0.05) is 6.92 Å². The fourth-order valence-electron chi connectivity index (χ4n) is 2.16. The van der Waals surface area contributed by atoms with Crippen molar-refractivity contribution in [3.05, 3.63) is 16.1 Å². The molecular weight excluding hydrogens is 314 g/mol. The minimum atomic E-state index is -3.56. The predicted molar refractivity (Wildman–Crippen MR) is 79.5 cm³/mol. The lowest BCUT2D eigenvalue weighted by Gasteiger charge is -2.30. The van der Waals surface area contributed by atoms with E-state index in [1.165, 1.54) is 9.69 Å². The number of aromatic nitrogens is 1. The fourth-order valence-corrected chi connectivity index (χ4v) is 4.43. The van der Waals surface area contributed by atoms with Crippen molar-refractivity contribution in [2.75, 3.05) is 13.1 Å². The topological polar surface area (TPSA) is 99.6 Å². The van der Waals surface area contributed by atoms with E-state index in [1.54, 1.807) is 6.92 Å². The number of nitrogens with zero attached hydrogens (tertiary/aromatic N) is 2. The lowest BCUT2D eigenvalue weighted by Crippen LogP contribution is -2.45. The molecule has 118 valence electrons. The molecule has 1 unspecified atom stereocenters. The molecule has 1 aliphatic rings. The monoisotopic (exact) mass is 333 g/mol. The maximum atomic E-state index is 12.3. The van der Waals surface area contributed by atoms with Crippen molar-refractivity contribution in [3.63, 3.8) is 0 Å². The zero-order chi connectivity index (χ0) is 15.6. The molecule has 7 nitrogen and oxygen atoms in total. The van der Waals surface area contributed by atoms with Gasteiger partial charge in [0.05, 0.1) is 6.04 Å². The van der Waals surface area contributed by atoms with Crippen LogP contribution >= 0.6 is 11.3 Å². The number of rotatable bonds is 5. The van der Waals surface area contributed by atoms with Crippen molar-refractivity contribution >= 4 is 27.5 Å². The Bertz CT molecular complexity index is 606. The normalized spacial score (nSPS) is 19.5. The van der Waals surface area contributed by atoms with Crippen LogP contribution in [-0.2, 0) is 10.2 Å². The van der Waals surface area contributed by atoms with Crippen LogP contribution in [0.3, 0.4) is 0 Å². The van der Waals surface area contributed by atoms with E-state index in [4.69, 9.17) is 5.11 Å². The third kappa shape index (κ3) is 4.00. The maximum Gasteiger partial charge on any atom is 0.355 e. The van der Waals surface area contributed by atoms with Gasteiger partial charge in [0, 0.05) is 18.5 Å².